The summed E-state index contributed by atoms with van der Waals surface area (Å²) >= 11 is 0. The van der Waals surface area contributed by atoms with Gasteiger partial charge in [-0.25, -0.2) is 9.37 Å². The molecule has 0 aliphatic carbocycles. The predicted molar refractivity (Wildman–Crippen MR) is 75.0 cm³/mol. The van der Waals surface area contributed by atoms with Crippen molar-refractivity contribution in [1.82, 2.24) is 4.98 Å². The van der Waals surface area contributed by atoms with Crippen LogP contribution in [0.4, 0.5) is 4.39 Å². The fourth-order valence-electron chi connectivity index (χ4n) is 2.11. The minimum Gasteiger partial charge on any atom is -0.326 e. The van der Waals surface area contributed by atoms with Gasteiger partial charge in [-0.05, 0) is 29.8 Å². The maximum atomic E-state index is 13.9. The van der Waals surface area contributed by atoms with E-state index in [9.17, 15) is 4.39 Å². The molecule has 0 bridgehead atoms. The van der Waals surface area contributed by atoms with E-state index in [1.54, 1.807) is 12.1 Å². The summed E-state index contributed by atoms with van der Waals surface area (Å²) in [7, 11) is 0. The summed E-state index contributed by atoms with van der Waals surface area (Å²) < 4.78 is 13.9. The molecule has 2 nitrogen and oxygen atoms in total. The smallest absolute Gasteiger partial charge is 0.132 e. The lowest BCUT2D eigenvalue weighted by atomic mass is 10.1. The molecule has 0 saturated heterocycles. The molecular formula is C16H13FN2. The van der Waals surface area contributed by atoms with Crippen molar-refractivity contribution in [3.05, 3.63) is 66.0 Å². The first kappa shape index (κ1) is 11.8. The highest BCUT2D eigenvalue weighted by molar-refractivity contribution is 5.81. The van der Waals surface area contributed by atoms with E-state index in [1.807, 2.05) is 36.4 Å². The summed E-state index contributed by atoms with van der Waals surface area (Å²) in [5, 5.41) is 1.04. The Morgan fingerprint density at radius 1 is 1.00 bits per heavy atom. The Kier molecular flexibility index (Phi) is 2.97. The van der Waals surface area contributed by atoms with Gasteiger partial charge in [0.05, 0.1) is 11.2 Å². The normalized spacial score (nSPS) is 10.8. The van der Waals surface area contributed by atoms with Crippen LogP contribution < -0.4 is 5.73 Å². The number of pyridine rings is 1. The van der Waals surface area contributed by atoms with Crippen molar-refractivity contribution >= 4 is 10.9 Å². The Morgan fingerprint density at radius 2 is 1.84 bits per heavy atom. The van der Waals surface area contributed by atoms with E-state index in [0.717, 1.165) is 16.5 Å². The molecule has 1 aromatic heterocycles. The third-order valence-corrected chi connectivity index (χ3v) is 3.14. The number of aromatic nitrogens is 1. The molecule has 0 spiro atoms. The minimum atomic E-state index is -0.278. The molecule has 3 heteroatoms. The number of rotatable bonds is 2. The Bertz CT molecular complexity index is 738. The summed E-state index contributed by atoms with van der Waals surface area (Å²) in [6, 6.07) is 16.5. The quantitative estimate of drug-likeness (QED) is 0.758. The SMILES string of the molecule is NCc1ccc(F)c(-c2ccc3ccccc3n2)c1. The van der Waals surface area contributed by atoms with Crippen LogP contribution in [0.15, 0.2) is 54.6 Å². The molecule has 3 rings (SSSR count). The standard InChI is InChI=1S/C16H13FN2/c17-14-7-5-11(10-18)9-13(14)16-8-6-12-3-1-2-4-15(12)19-16/h1-9H,10,18H2. The highest BCUT2D eigenvalue weighted by Crippen LogP contribution is 2.24. The highest BCUT2D eigenvalue weighted by Gasteiger charge is 2.08. The number of hydrogen-bond donors (Lipinski definition) is 1. The van der Waals surface area contributed by atoms with Gasteiger partial charge in [0.1, 0.15) is 5.82 Å². The lowest BCUT2D eigenvalue weighted by Gasteiger charge is -2.06. The van der Waals surface area contributed by atoms with E-state index in [-0.39, 0.29) is 5.82 Å². The molecule has 0 unspecified atom stereocenters. The predicted octanol–water partition coefficient (Wildman–Crippen LogP) is 3.50. The third kappa shape index (κ3) is 2.20. The Hall–Kier alpha value is -2.26. The Labute approximate surface area is 110 Å². The number of benzene rings is 2. The van der Waals surface area contributed by atoms with Gasteiger partial charge in [0.25, 0.3) is 0 Å². The molecule has 2 aromatic carbocycles. The monoisotopic (exact) mass is 252 g/mol. The number of nitrogens with two attached hydrogens (primary N) is 1. The van der Waals surface area contributed by atoms with Crippen LogP contribution in [0.25, 0.3) is 22.2 Å². The highest BCUT2D eigenvalue weighted by atomic mass is 19.1. The van der Waals surface area contributed by atoms with Gasteiger partial charge in [-0.15, -0.1) is 0 Å². The first-order valence-corrected chi connectivity index (χ1v) is 6.12. The molecule has 3 aromatic rings. The largest absolute Gasteiger partial charge is 0.326 e. The lowest BCUT2D eigenvalue weighted by Crippen LogP contribution is -1.98. The fraction of sp³-hybridized carbons (Fsp3) is 0.0625. The van der Waals surface area contributed by atoms with Crippen LogP contribution in [0.1, 0.15) is 5.56 Å². The van der Waals surface area contributed by atoms with Crippen molar-refractivity contribution in [2.24, 2.45) is 5.73 Å². The van der Waals surface area contributed by atoms with Crippen molar-refractivity contribution in [3.8, 4) is 11.3 Å². The van der Waals surface area contributed by atoms with E-state index >= 15 is 0 Å². The molecule has 2 N–H and O–H groups in total. The number of para-hydroxylation sites is 1. The van der Waals surface area contributed by atoms with E-state index < -0.39 is 0 Å². The summed E-state index contributed by atoms with van der Waals surface area (Å²) in [4.78, 5) is 4.50. The van der Waals surface area contributed by atoms with Crippen LogP contribution in [0.5, 0.6) is 0 Å². The zero-order valence-corrected chi connectivity index (χ0v) is 10.3. The molecule has 0 fully saturated rings. The van der Waals surface area contributed by atoms with Crippen molar-refractivity contribution in [1.29, 1.82) is 0 Å². The minimum absolute atomic E-state index is 0.278. The van der Waals surface area contributed by atoms with Gasteiger partial charge in [-0.2, -0.15) is 0 Å². The van der Waals surface area contributed by atoms with Gasteiger partial charge in [0, 0.05) is 17.5 Å². The molecule has 1 heterocycles. The molecule has 0 atom stereocenters. The first-order valence-electron chi connectivity index (χ1n) is 6.12. The molecule has 0 aliphatic rings. The van der Waals surface area contributed by atoms with Gasteiger partial charge >= 0.3 is 0 Å². The van der Waals surface area contributed by atoms with E-state index in [2.05, 4.69) is 4.98 Å². The van der Waals surface area contributed by atoms with Crippen LogP contribution in [-0.4, -0.2) is 4.98 Å². The Morgan fingerprint density at radius 3 is 2.68 bits per heavy atom. The third-order valence-electron chi connectivity index (χ3n) is 3.14. The molecule has 0 saturated carbocycles. The molecular weight excluding hydrogens is 239 g/mol. The van der Waals surface area contributed by atoms with Crippen LogP contribution in [0, 0.1) is 5.82 Å². The molecule has 0 radical (unpaired) electrons. The van der Waals surface area contributed by atoms with E-state index in [0.29, 0.717) is 17.8 Å². The van der Waals surface area contributed by atoms with Crippen molar-refractivity contribution in [2.75, 3.05) is 0 Å². The van der Waals surface area contributed by atoms with E-state index in [4.69, 9.17) is 5.73 Å². The maximum Gasteiger partial charge on any atom is 0.132 e. The van der Waals surface area contributed by atoms with E-state index in [1.165, 1.54) is 6.07 Å². The summed E-state index contributed by atoms with van der Waals surface area (Å²) in [6.07, 6.45) is 0. The second-order valence-corrected chi connectivity index (χ2v) is 4.41. The van der Waals surface area contributed by atoms with Crippen LogP contribution in [0.2, 0.25) is 0 Å². The molecule has 19 heavy (non-hydrogen) atoms. The van der Waals surface area contributed by atoms with Crippen LogP contribution in [0.3, 0.4) is 0 Å². The fourth-order valence-corrected chi connectivity index (χ4v) is 2.11. The zero-order chi connectivity index (χ0) is 13.2. The maximum absolute atomic E-state index is 13.9. The average Bonchev–Trinajstić information content (AvgIpc) is 2.47. The summed E-state index contributed by atoms with van der Waals surface area (Å²) in [5.74, 6) is -0.278. The Balaban J connectivity index is 2.18. The first-order chi connectivity index (χ1) is 9.28. The van der Waals surface area contributed by atoms with Crippen LogP contribution in [-0.2, 0) is 6.54 Å². The molecule has 94 valence electrons. The van der Waals surface area contributed by atoms with Gasteiger partial charge in [-0.3, -0.25) is 0 Å². The van der Waals surface area contributed by atoms with Crippen molar-refractivity contribution < 1.29 is 4.39 Å². The average molecular weight is 252 g/mol. The van der Waals surface area contributed by atoms with Gasteiger partial charge < -0.3 is 5.73 Å². The topological polar surface area (TPSA) is 38.9 Å². The summed E-state index contributed by atoms with van der Waals surface area (Å²) in [6.45, 7) is 0.390. The molecule has 0 aliphatic heterocycles. The second kappa shape index (κ2) is 4.78. The van der Waals surface area contributed by atoms with Crippen molar-refractivity contribution in [3.63, 3.8) is 0 Å². The number of hydrogen-bond acceptors (Lipinski definition) is 2. The second-order valence-electron chi connectivity index (χ2n) is 4.41. The number of nitrogens with zero attached hydrogens (tertiary/aromatic N) is 1. The summed E-state index contributed by atoms with van der Waals surface area (Å²) in [5.41, 5.74) is 8.47. The van der Waals surface area contributed by atoms with Gasteiger partial charge in [-0.1, -0.05) is 30.3 Å². The van der Waals surface area contributed by atoms with Crippen molar-refractivity contribution in [2.45, 2.75) is 6.54 Å². The lowest BCUT2D eigenvalue weighted by molar-refractivity contribution is 0.630. The number of fused-ring (bicyclic) bond motifs is 1. The van der Waals surface area contributed by atoms with Gasteiger partial charge in [0.15, 0.2) is 0 Å². The van der Waals surface area contributed by atoms with Gasteiger partial charge in [0.2, 0.25) is 0 Å². The molecule has 0 amide bonds. The number of halogens is 1. The zero-order valence-electron chi connectivity index (χ0n) is 10.3. The van der Waals surface area contributed by atoms with Crippen LogP contribution >= 0.6 is 0 Å².